The van der Waals surface area contributed by atoms with Crippen molar-refractivity contribution in [3.05, 3.63) is 12.3 Å². The van der Waals surface area contributed by atoms with E-state index in [9.17, 15) is 0 Å². The van der Waals surface area contributed by atoms with Gasteiger partial charge in [0, 0.05) is 13.6 Å². The summed E-state index contributed by atoms with van der Waals surface area (Å²) in [5.41, 5.74) is 0. The molecular weight excluding hydrogens is 114 g/mol. The van der Waals surface area contributed by atoms with E-state index in [0.717, 1.165) is 18.7 Å². The molecule has 0 spiro atoms. The average molecular weight is 129 g/mol. The monoisotopic (exact) mass is 129 g/mol. The van der Waals surface area contributed by atoms with E-state index in [1.165, 1.54) is 0 Å². The number of allylic oxidation sites excluding steroid dienone is 1. The molecule has 0 aliphatic rings. The SMILES string of the molecule is C=C(C)ON(C)CCC. The van der Waals surface area contributed by atoms with Gasteiger partial charge < -0.3 is 4.84 Å². The first-order chi connectivity index (χ1) is 4.16. The van der Waals surface area contributed by atoms with E-state index in [0.29, 0.717) is 0 Å². The highest BCUT2D eigenvalue weighted by Crippen LogP contribution is 1.95. The molecule has 2 heteroatoms. The van der Waals surface area contributed by atoms with E-state index in [2.05, 4.69) is 13.5 Å². The zero-order valence-electron chi connectivity index (χ0n) is 6.48. The van der Waals surface area contributed by atoms with Crippen molar-refractivity contribution in [2.24, 2.45) is 0 Å². The van der Waals surface area contributed by atoms with E-state index in [4.69, 9.17) is 4.84 Å². The van der Waals surface area contributed by atoms with E-state index in [1.54, 1.807) is 5.06 Å². The molecule has 0 fully saturated rings. The van der Waals surface area contributed by atoms with E-state index in [-0.39, 0.29) is 0 Å². The minimum absolute atomic E-state index is 0.742. The molecule has 0 N–H and O–H groups in total. The van der Waals surface area contributed by atoms with Crippen LogP contribution in [0.15, 0.2) is 12.3 Å². The summed E-state index contributed by atoms with van der Waals surface area (Å²) < 4.78 is 0. The molecule has 0 unspecified atom stereocenters. The van der Waals surface area contributed by atoms with Crippen molar-refractivity contribution in [1.82, 2.24) is 5.06 Å². The van der Waals surface area contributed by atoms with Crippen LogP contribution in [0.3, 0.4) is 0 Å². The van der Waals surface area contributed by atoms with Gasteiger partial charge in [0.25, 0.3) is 0 Å². The molecule has 0 bridgehead atoms. The number of nitrogens with zero attached hydrogens (tertiary/aromatic N) is 1. The fourth-order valence-electron chi connectivity index (χ4n) is 0.627. The summed E-state index contributed by atoms with van der Waals surface area (Å²) in [7, 11) is 1.90. The van der Waals surface area contributed by atoms with Crippen molar-refractivity contribution in [1.29, 1.82) is 0 Å². The van der Waals surface area contributed by atoms with Crippen LogP contribution in [-0.4, -0.2) is 18.7 Å². The standard InChI is InChI=1S/C7H15NO/c1-5-6-8(4)9-7(2)3/h2,5-6H2,1,3-4H3. The van der Waals surface area contributed by atoms with Gasteiger partial charge in [-0.2, -0.15) is 0 Å². The summed E-state index contributed by atoms with van der Waals surface area (Å²) in [6, 6.07) is 0. The van der Waals surface area contributed by atoms with Crippen molar-refractivity contribution >= 4 is 0 Å². The second kappa shape index (κ2) is 4.39. The highest BCUT2D eigenvalue weighted by molar-refractivity contribution is 4.72. The molecule has 0 aromatic rings. The van der Waals surface area contributed by atoms with Crippen LogP contribution in [-0.2, 0) is 4.84 Å². The topological polar surface area (TPSA) is 12.5 Å². The summed E-state index contributed by atoms with van der Waals surface area (Å²) in [5, 5.41) is 1.78. The highest BCUT2D eigenvalue weighted by Gasteiger charge is 1.93. The first kappa shape index (κ1) is 8.50. The van der Waals surface area contributed by atoms with Crippen molar-refractivity contribution in [3.8, 4) is 0 Å². The summed E-state index contributed by atoms with van der Waals surface area (Å²) >= 11 is 0. The molecule has 9 heavy (non-hydrogen) atoms. The maximum Gasteiger partial charge on any atom is 0.114 e. The Morgan fingerprint density at radius 3 is 2.56 bits per heavy atom. The number of hydrogen-bond donors (Lipinski definition) is 0. The third-order valence-corrected chi connectivity index (χ3v) is 0.850. The van der Waals surface area contributed by atoms with Crippen molar-refractivity contribution in [3.63, 3.8) is 0 Å². The van der Waals surface area contributed by atoms with Gasteiger partial charge >= 0.3 is 0 Å². The largest absolute Gasteiger partial charge is 0.412 e. The lowest BCUT2D eigenvalue weighted by molar-refractivity contribution is -0.0951. The summed E-state index contributed by atoms with van der Waals surface area (Å²) in [4.78, 5) is 5.13. The van der Waals surface area contributed by atoms with E-state index < -0.39 is 0 Å². The second-order valence-corrected chi connectivity index (χ2v) is 2.14. The predicted octanol–water partition coefficient (Wildman–Crippen LogP) is 1.79. The second-order valence-electron chi connectivity index (χ2n) is 2.14. The van der Waals surface area contributed by atoms with Crippen LogP contribution < -0.4 is 0 Å². The Balaban J connectivity index is 3.26. The molecule has 0 saturated carbocycles. The van der Waals surface area contributed by atoms with Gasteiger partial charge in [-0.05, 0) is 13.3 Å². The van der Waals surface area contributed by atoms with Gasteiger partial charge in [-0.1, -0.05) is 13.5 Å². The quantitative estimate of drug-likeness (QED) is 0.424. The molecule has 0 aliphatic heterocycles. The minimum atomic E-state index is 0.742. The van der Waals surface area contributed by atoms with Crippen LogP contribution in [0, 0.1) is 0 Å². The molecule has 2 nitrogen and oxygen atoms in total. The molecule has 0 atom stereocenters. The van der Waals surface area contributed by atoms with Crippen LogP contribution in [0.1, 0.15) is 20.3 Å². The molecular formula is C7H15NO. The normalized spacial score (nSPS) is 9.78. The van der Waals surface area contributed by atoms with Crippen LogP contribution in [0.4, 0.5) is 0 Å². The number of hydroxylamine groups is 2. The van der Waals surface area contributed by atoms with Gasteiger partial charge in [0.1, 0.15) is 5.76 Å². The molecule has 0 radical (unpaired) electrons. The molecule has 54 valence electrons. The van der Waals surface area contributed by atoms with Gasteiger partial charge in [-0.15, -0.1) is 5.06 Å². The number of hydrogen-bond acceptors (Lipinski definition) is 2. The highest BCUT2D eigenvalue weighted by atomic mass is 16.7. The van der Waals surface area contributed by atoms with Gasteiger partial charge in [0.05, 0.1) is 0 Å². The van der Waals surface area contributed by atoms with Crippen molar-refractivity contribution < 1.29 is 4.84 Å². The summed E-state index contributed by atoms with van der Waals surface area (Å²) in [6.45, 7) is 8.51. The van der Waals surface area contributed by atoms with Crippen LogP contribution in [0.2, 0.25) is 0 Å². The van der Waals surface area contributed by atoms with Gasteiger partial charge in [0.2, 0.25) is 0 Å². The Morgan fingerprint density at radius 2 is 2.22 bits per heavy atom. The minimum Gasteiger partial charge on any atom is -0.412 e. The van der Waals surface area contributed by atoms with Gasteiger partial charge in [-0.25, -0.2) is 0 Å². The summed E-state index contributed by atoms with van der Waals surface area (Å²) in [6.07, 6.45) is 1.10. The van der Waals surface area contributed by atoms with Gasteiger partial charge in [0.15, 0.2) is 0 Å². The molecule has 0 aliphatic carbocycles. The Labute approximate surface area is 57.1 Å². The summed E-state index contributed by atoms with van der Waals surface area (Å²) in [5.74, 6) is 0.742. The average Bonchev–Trinajstić information content (AvgIpc) is 1.63. The maximum atomic E-state index is 5.13. The fourth-order valence-corrected chi connectivity index (χ4v) is 0.627. The third kappa shape index (κ3) is 5.37. The van der Waals surface area contributed by atoms with Gasteiger partial charge in [-0.3, -0.25) is 0 Å². The Morgan fingerprint density at radius 1 is 1.67 bits per heavy atom. The maximum absolute atomic E-state index is 5.13. The lowest BCUT2D eigenvalue weighted by Gasteiger charge is -2.15. The first-order valence-corrected chi connectivity index (χ1v) is 3.21. The molecule has 0 amide bonds. The van der Waals surface area contributed by atoms with Crippen molar-refractivity contribution in [2.75, 3.05) is 13.6 Å². The Kier molecular flexibility index (Phi) is 4.14. The number of rotatable bonds is 4. The van der Waals surface area contributed by atoms with Crippen molar-refractivity contribution in [2.45, 2.75) is 20.3 Å². The van der Waals surface area contributed by atoms with Crippen LogP contribution >= 0.6 is 0 Å². The lowest BCUT2D eigenvalue weighted by Crippen LogP contribution is -2.18. The third-order valence-electron chi connectivity index (χ3n) is 0.850. The molecule has 0 saturated heterocycles. The van der Waals surface area contributed by atoms with E-state index >= 15 is 0 Å². The molecule has 0 aromatic heterocycles. The fraction of sp³-hybridized carbons (Fsp3) is 0.714. The Hall–Kier alpha value is -0.500. The zero-order chi connectivity index (χ0) is 7.28. The van der Waals surface area contributed by atoms with E-state index in [1.807, 2.05) is 14.0 Å². The van der Waals surface area contributed by atoms with Crippen LogP contribution in [0.5, 0.6) is 0 Å². The Bertz CT molecular complexity index is 90.9. The lowest BCUT2D eigenvalue weighted by atomic mass is 10.5. The predicted molar refractivity (Wildman–Crippen MR) is 38.8 cm³/mol. The zero-order valence-corrected chi connectivity index (χ0v) is 6.48. The molecule has 0 heterocycles. The molecule has 0 aromatic carbocycles. The smallest absolute Gasteiger partial charge is 0.114 e. The first-order valence-electron chi connectivity index (χ1n) is 3.21. The van der Waals surface area contributed by atoms with Crippen LogP contribution in [0.25, 0.3) is 0 Å². The molecule has 0 rings (SSSR count).